The largest absolute Gasteiger partial charge is 0.505 e. The molecule has 1 nitrogen and oxygen atoms in total. The maximum Gasteiger partial charge on any atom is 0.0784 e. The topological polar surface area (TPSA) is 9.23 Å². The van der Waals surface area contributed by atoms with E-state index in [4.69, 9.17) is 4.74 Å². The lowest BCUT2D eigenvalue weighted by Gasteiger charge is -2.04. The van der Waals surface area contributed by atoms with Crippen LogP contribution >= 0.6 is 0 Å². The first kappa shape index (κ1) is 25.5. The van der Waals surface area contributed by atoms with Crippen molar-refractivity contribution in [1.82, 2.24) is 0 Å². The maximum absolute atomic E-state index is 4.91. The van der Waals surface area contributed by atoms with E-state index in [0.29, 0.717) is 0 Å². The quantitative estimate of drug-likeness (QED) is 0.137. The summed E-state index contributed by atoms with van der Waals surface area (Å²) in [5.41, 5.74) is 0. The van der Waals surface area contributed by atoms with Crippen molar-refractivity contribution in [2.24, 2.45) is 0 Å². The number of methoxy groups -OCH3 is 1. The van der Waals surface area contributed by atoms with E-state index in [0.717, 1.165) is 0 Å². The van der Waals surface area contributed by atoms with Gasteiger partial charge >= 0.3 is 0 Å². The van der Waals surface area contributed by atoms with Gasteiger partial charge in [0.05, 0.1) is 13.4 Å². The highest BCUT2D eigenvalue weighted by atomic mass is 16.5. The summed E-state index contributed by atoms with van der Waals surface area (Å²) in [6.45, 7) is 2.30. The lowest BCUT2D eigenvalue weighted by Crippen LogP contribution is -1.84. The van der Waals surface area contributed by atoms with Crippen LogP contribution in [0.4, 0.5) is 0 Å². The molecule has 1 heteroatoms. The number of rotatable bonds is 22. The van der Waals surface area contributed by atoms with Crippen molar-refractivity contribution in [2.75, 3.05) is 7.11 Å². The molecule has 26 heavy (non-hydrogen) atoms. The van der Waals surface area contributed by atoms with Crippen molar-refractivity contribution >= 4 is 0 Å². The number of ether oxygens (including phenoxy) is 1. The second-order valence-electron chi connectivity index (χ2n) is 8.11. The summed E-state index contributed by atoms with van der Waals surface area (Å²) >= 11 is 0. The van der Waals surface area contributed by atoms with Crippen LogP contribution in [-0.4, -0.2) is 7.11 Å². The van der Waals surface area contributed by atoms with E-state index in [2.05, 4.69) is 13.0 Å². The highest BCUT2D eigenvalue weighted by Crippen LogP contribution is 2.15. The van der Waals surface area contributed by atoms with Gasteiger partial charge in [0.25, 0.3) is 0 Å². The van der Waals surface area contributed by atoms with E-state index in [1.807, 2.05) is 0 Å². The SMILES string of the molecule is CCCCCCCCCCCCCCCCCCCCCCC=COC. The Morgan fingerprint density at radius 2 is 0.769 bits per heavy atom. The molecule has 0 aliphatic carbocycles. The van der Waals surface area contributed by atoms with Gasteiger partial charge in [0, 0.05) is 0 Å². The van der Waals surface area contributed by atoms with E-state index in [9.17, 15) is 0 Å². The molecule has 0 saturated heterocycles. The van der Waals surface area contributed by atoms with Gasteiger partial charge in [-0.05, 0) is 18.9 Å². The Kier molecular flexibility index (Phi) is 24.1. The minimum Gasteiger partial charge on any atom is -0.505 e. The van der Waals surface area contributed by atoms with E-state index < -0.39 is 0 Å². The van der Waals surface area contributed by atoms with Gasteiger partial charge in [-0.2, -0.15) is 0 Å². The molecule has 0 aromatic carbocycles. The molecular weight excluding hydrogens is 316 g/mol. The summed E-state index contributed by atoms with van der Waals surface area (Å²) in [6.07, 6.45) is 34.1. The molecule has 0 amide bonds. The Labute approximate surface area is 166 Å². The van der Waals surface area contributed by atoms with Crippen LogP contribution in [0.2, 0.25) is 0 Å². The zero-order chi connectivity index (χ0) is 19.0. The van der Waals surface area contributed by atoms with Crippen LogP contribution in [0.5, 0.6) is 0 Å². The fourth-order valence-electron chi connectivity index (χ4n) is 3.68. The molecule has 0 atom stereocenters. The fourth-order valence-corrected chi connectivity index (χ4v) is 3.68. The molecule has 0 heterocycles. The van der Waals surface area contributed by atoms with E-state index >= 15 is 0 Å². The molecule has 0 bridgehead atoms. The summed E-state index contributed by atoms with van der Waals surface area (Å²) in [7, 11) is 1.72. The van der Waals surface area contributed by atoms with E-state index in [1.165, 1.54) is 135 Å². The van der Waals surface area contributed by atoms with Crippen LogP contribution in [0.3, 0.4) is 0 Å². The molecular formula is C25H50O. The smallest absolute Gasteiger partial charge is 0.0784 e. The van der Waals surface area contributed by atoms with Crippen molar-refractivity contribution in [3.63, 3.8) is 0 Å². The standard InChI is InChI=1S/C25H50O/c1-3-4-5-6-7-8-9-10-11-12-13-14-15-16-17-18-19-20-21-22-23-24-25-26-2/h24-25H,3-23H2,1-2H3. The Hall–Kier alpha value is -0.460. The van der Waals surface area contributed by atoms with Crippen molar-refractivity contribution in [1.29, 1.82) is 0 Å². The monoisotopic (exact) mass is 366 g/mol. The number of unbranched alkanes of at least 4 members (excludes halogenated alkanes) is 20. The summed E-state index contributed by atoms with van der Waals surface area (Å²) in [5.74, 6) is 0. The third-order valence-corrected chi connectivity index (χ3v) is 5.46. The summed E-state index contributed by atoms with van der Waals surface area (Å²) < 4.78 is 4.91. The Morgan fingerprint density at radius 3 is 1.08 bits per heavy atom. The Bertz CT molecular complexity index is 259. The molecule has 0 rings (SSSR count). The molecule has 0 aliphatic rings. The van der Waals surface area contributed by atoms with Crippen LogP contribution in [0, 0.1) is 0 Å². The molecule has 0 saturated carbocycles. The molecule has 0 aliphatic heterocycles. The van der Waals surface area contributed by atoms with Gasteiger partial charge in [-0.3, -0.25) is 0 Å². The van der Waals surface area contributed by atoms with Gasteiger partial charge in [-0.25, -0.2) is 0 Å². The molecule has 0 spiro atoms. The van der Waals surface area contributed by atoms with Gasteiger partial charge < -0.3 is 4.74 Å². The molecule has 0 unspecified atom stereocenters. The van der Waals surface area contributed by atoms with Crippen molar-refractivity contribution in [3.05, 3.63) is 12.3 Å². The summed E-state index contributed by atoms with van der Waals surface area (Å²) in [6, 6.07) is 0. The molecule has 0 aromatic rings. The van der Waals surface area contributed by atoms with Gasteiger partial charge in [0.15, 0.2) is 0 Å². The van der Waals surface area contributed by atoms with Gasteiger partial charge in [0.2, 0.25) is 0 Å². The molecule has 156 valence electrons. The zero-order valence-corrected chi connectivity index (χ0v) is 18.4. The normalized spacial score (nSPS) is 11.5. The predicted molar refractivity (Wildman–Crippen MR) is 119 cm³/mol. The second kappa shape index (κ2) is 24.5. The molecule has 0 fully saturated rings. The molecule has 0 aromatic heterocycles. The van der Waals surface area contributed by atoms with Crippen LogP contribution in [0.25, 0.3) is 0 Å². The number of hydrogen-bond donors (Lipinski definition) is 0. The highest BCUT2D eigenvalue weighted by molar-refractivity contribution is 4.72. The van der Waals surface area contributed by atoms with Crippen LogP contribution < -0.4 is 0 Å². The summed E-state index contributed by atoms with van der Waals surface area (Å²) in [5, 5.41) is 0. The Balaban J connectivity index is 2.98. The van der Waals surface area contributed by atoms with Gasteiger partial charge in [-0.1, -0.05) is 129 Å². The van der Waals surface area contributed by atoms with Gasteiger partial charge in [0.1, 0.15) is 0 Å². The third kappa shape index (κ3) is 23.5. The van der Waals surface area contributed by atoms with Crippen LogP contribution in [0.15, 0.2) is 12.3 Å². The second-order valence-corrected chi connectivity index (χ2v) is 8.11. The fraction of sp³-hybridized carbons (Fsp3) is 0.920. The third-order valence-electron chi connectivity index (χ3n) is 5.46. The lowest BCUT2D eigenvalue weighted by atomic mass is 10.0. The number of allylic oxidation sites excluding steroid dienone is 1. The Morgan fingerprint density at radius 1 is 0.462 bits per heavy atom. The first-order valence-corrected chi connectivity index (χ1v) is 12.1. The first-order chi connectivity index (χ1) is 12.9. The van der Waals surface area contributed by atoms with Crippen LogP contribution in [0.1, 0.15) is 142 Å². The minimum absolute atomic E-state index is 1.17. The minimum atomic E-state index is 1.17. The predicted octanol–water partition coefficient (Wildman–Crippen LogP) is 9.36. The first-order valence-electron chi connectivity index (χ1n) is 12.1. The summed E-state index contributed by atoms with van der Waals surface area (Å²) in [4.78, 5) is 0. The number of hydrogen-bond acceptors (Lipinski definition) is 1. The van der Waals surface area contributed by atoms with Crippen LogP contribution in [-0.2, 0) is 4.74 Å². The average molecular weight is 367 g/mol. The average Bonchev–Trinajstić information content (AvgIpc) is 2.66. The highest BCUT2D eigenvalue weighted by Gasteiger charge is 1.95. The van der Waals surface area contributed by atoms with Crippen molar-refractivity contribution < 1.29 is 4.74 Å². The van der Waals surface area contributed by atoms with Gasteiger partial charge in [-0.15, -0.1) is 0 Å². The van der Waals surface area contributed by atoms with E-state index in [-0.39, 0.29) is 0 Å². The maximum atomic E-state index is 4.91. The van der Waals surface area contributed by atoms with E-state index in [1.54, 1.807) is 13.4 Å². The lowest BCUT2D eigenvalue weighted by molar-refractivity contribution is 0.336. The molecule has 0 N–H and O–H groups in total. The van der Waals surface area contributed by atoms with Crippen molar-refractivity contribution in [3.8, 4) is 0 Å². The molecule has 0 radical (unpaired) electrons. The van der Waals surface area contributed by atoms with Crippen molar-refractivity contribution in [2.45, 2.75) is 142 Å². The zero-order valence-electron chi connectivity index (χ0n) is 18.4.